The Morgan fingerprint density at radius 3 is 2.54 bits per heavy atom. The first-order valence-electron chi connectivity index (χ1n) is 9.94. The number of fused-ring (bicyclic) bond motifs is 1. The lowest BCUT2D eigenvalue weighted by Gasteiger charge is -2.36. The number of hydrogen-bond donors (Lipinski definition) is 1. The molecule has 0 atom stereocenters. The molecule has 148 valence electrons. The maximum atomic E-state index is 12.8. The molecule has 6 heteroatoms. The molecular weight excluding hydrogens is 354 g/mol. The number of urea groups is 1. The van der Waals surface area contributed by atoms with E-state index >= 15 is 0 Å². The van der Waals surface area contributed by atoms with Gasteiger partial charge in [-0.05, 0) is 36.6 Å². The fourth-order valence-electron chi connectivity index (χ4n) is 3.78. The van der Waals surface area contributed by atoms with Crippen molar-refractivity contribution in [3.8, 4) is 11.5 Å². The third-order valence-electron chi connectivity index (χ3n) is 5.43. The van der Waals surface area contributed by atoms with E-state index in [1.54, 1.807) is 0 Å². The zero-order valence-electron chi connectivity index (χ0n) is 16.5. The Morgan fingerprint density at radius 1 is 1.04 bits per heavy atom. The Bertz CT molecular complexity index is 860. The molecule has 1 saturated heterocycles. The molecular formula is C22H27N3O3. The molecule has 0 radical (unpaired) electrons. The summed E-state index contributed by atoms with van der Waals surface area (Å²) < 4.78 is 11.3. The van der Waals surface area contributed by atoms with Gasteiger partial charge in [-0.3, -0.25) is 0 Å². The molecule has 2 aliphatic rings. The van der Waals surface area contributed by atoms with Crippen molar-refractivity contribution in [2.75, 3.05) is 49.6 Å². The van der Waals surface area contributed by atoms with E-state index in [1.807, 2.05) is 36.1 Å². The van der Waals surface area contributed by atoms with E-state index < -0.39 is 0 Å². The van der Waals surface area contributed by atoms with Crippen LogP contribution in [0.4, 0.5) is 16.2 Å². The maximum Gasteiger partial charge on any atom is 0.321 e. The lowest BCUT2D eigenvalue weighted by Crippen LogP contribution is -2.50. The van der Waals surface area contributed by atoms with Crippen molar-refractivity contribution >= 4 is 17.4 Å². The lowest BCUT2D eigenvalue weighted by atomic mass is 10.1. The minimum Gasteiger partial charge on any atom is -0.486 e. The fraction of sp³-hybridized carbons (Fsp3) is 0.409. The molecule has 1 fully saturated rings. The van der Waals surface area contributed by atoms with E-state index in [0.717, 1.165) is 47.9 Å². The van der Waals surface area contributed by atoms with E-state index in [0.29, 0.717) is 26.3 Å². The number of para-hydroxylation sites is 1. The number of nitrogens with one attached hydrogen (secondary N) is 1. The number of nitrogens with zero attached hydrogens (tertiary/aromatic N) is 2. The summed E-state index contributed by atoms with van der Waals surface area (Å²) in [6.07, 6.45) is 0.898. The molecule has 2 aliphatic heterocycles. The monoisotopic (exact) mass is 381 g/mol. The fourth-order valence-corrected chi connectivity index (χ4v) is 3.78. The summed E-state index contributed by atoms with van der Waals surface area (Å²) in [5, 5.41) is 3.13. The molecule has 6 nitrogen and oxygen atoms in total. The van der Waals surface area contributed by atoms with E-state index in [-0.39, 0.29) is 6.03 Å². The number of carbonyl (C=O) groups excluding carboxylic acids is 1. The van der Waals surface area contributed by atoms with Gasteiger partial charge in [-0.15, -0.1) is 0 Å². The highest BCUT2D eigenvalue weighted by atomic mass is 16.6. The highest BCUT2D eigenvalue weighted by molar-refractivity contribution is 5.91. The second kappa shape index (κ2) is 8.00. The number of amides is 2. The third-order valence-corrected chi connectivity index (χ3v) is 5.43. The van der Waals surface area contributed by atoms with Crippen molar-refractivity contribution in [1.82, 2.24) is 4.90 Å². The largest absolute Gasteiger partial charge is 0.486 e. The molecule has 2 amide bonds. The minimum absolute atomic E-state index is 0.0224. The predicted molar refractivity (Wildman–Crippen MR) is 111 cm³/mol. The van der Waals surface area contributed by atoms with Crippen LogP contribution < -0.4 is 19.7 Å². The van der Waals surface area contributed by atoms with Gasteiger partial charge < -0.3 is 24.6 Å². The highest BCUT2D eigenvalue weighted by Gasteiger charge is 2.23. The number of anilines is 2. The number of carbonyl (C=O) groups is 1. The summed E-state index contributed by atoms with van der Waals surface area (Å²) in [5.41, 5.74) is 4.33. The van der Waals surface area contributed by atoms with Gasteiger partial charge in [-0.25, -0.2) is 4.79 Å². The zero-order chi connectivity index (χ0) is 19.5. The van der Waals surface area contributed by atoms with Gasteiger partial charge in [-0.2, -0.15) is 0 Å². The van der Waals surface area contributed by atoms with Crippen LogP contribution in [0, 0.1) is 6.92 Å². The summed E-state index contributed by atoms with van der Waals surface area (Å²) in [5.74, 6) is 1.61. The second-order valence-corrected chi connectivity index (χ2v) is 7.19. The summed E-state index contributed by atoms with van der Waals surface area (Å²) in [6.45, 7) is 8.29. The van der Waals surface area contributed by atoms with Gasteiger partial charge in [0.1, 0.15) is 13.2 Å². The van der Waals surface area contributed by atoms with Crippen LogP contribution in [0.3, 0.4) is 0 Å². The summed E-state index contributed by atoms with van der Waals surface area (Å²) >= 11 is 0. The van der Waals surface area contributed by atoms with Crippen molar-refractivity contribution < 1.29 is 14.3 Å². The minimum atomic E-state index is -0.0224. The normalized spacial score (nSPS) is 16.1. The lowest BCUT2D eigenvalue weighted by molar-refractivity contribution is 0.171. The first-order valence-corrected chi connectivity index (χ1v) is 9.94. The van der Waals surface area contributed by atoms with Gasteiger partial charge in [-0.1, -0.05) is 25.1 Å². The highest BCUT2D eigenvalue weighted by Crippen LogP contribution is 2.34. The van der Waals surface area contributed by atoms with Crippen molar-refractivity contribution in [3.63, 3.8) is 0 Å². The van der Waals surface area contributed by atoms with Crippen LogP contribution in [0.5, 0.6) is 11.5 Å². The molecule has 28 heavy (non-hydrogen) atoms. The molecule has 2 heterocycles. The average molecular weight is 381 g/mol. The third kappa shape index (κ3) is 3.72. The average Bonchev–Trinajstić information content (AvgIpc) is 2.75. The Kier molecular flexibility index (Phi) is 5.28. The van der Waals surface area contributed by atoms with E-state index in [4.69, 9.17) is 9.47 Å². The number of rotatable bonds is 3. The van der Waals surface area contributed by atoms with Crippen molar-refractivity contribution in [2.45, 2.75) is 20.3 Å². The van der Waals surface area contributed by atoms with Crippen LogP contribution in [-0.2, 0) is 6.42 Å². The van der Waals surface area contributed by atoms with E-state index in [1.165, 1.54) is 5.56 Å². The first-order chi connectivity index (χ1) is 13.7. The molecule has 0 aliphatic carbocycles. The van der Waals surface area contributed by atoms with Crippen LogP contribution in [-0.4, -0.2) is 50.3 Å². The van der Waals surface area contributed by atoms with Crippen molar-refractivity contribution in [1.29, 1.82) is 0 Å². The number of benzene rings is 2. The number of hydrogen-bond acceptors (Lipinski definition) is 4. The van der Waals surface area contributed by atoms with Gasteiger partial charge >= 0.3 is 6.03 Å². The zero-order valence-corrected chi connectivity index (χ0v) is 16.5. The van der Waals surface area contributed by atoms with Gasteiger partial charge in [0.2, 0.25) is 0 Å². The maximum absolute atomic E-state index is 12.8. The molecule has 2 aromatic rings. The van der Waals surface area contributed by atoms with Crippen molar-refractivity contribution in [2.24, 2.45) is 0 Å². The van der Waals surface area contributed by atoms with Crippen LogP contribution in [0.25, 0.3) is 0 Å². The molecule has 0 bridgehead atoms. The van der Waals surface area contributed by atoms with E-state index in [9.17, 15) is 4.79 Å². The molecule has 0 aromatic heterocycles. The number of ether oxygens (including phenoxy) is 2. The van der Waals surface area contributed by atoms with E-state index in [2.05, 4.69) is 29.3 Å². The first kappa shape index (κ1) is 18.5. The van der Waals surface area contributed by atoms with Gasteiger partial charge in [0.05, 0.1) is 0 Å². The summed E-state index contributed by atoms with van der Waals surface area (Å²) in [7, 11) is 0. The molecule has 0 unspecified atom stereocenters. The van der Waals surface area contributed by atoms with Gasteiger partial charge in [0.15, 0.2) is 11.5 Å². The van der Waals surface area contributed by atoms with Crippen molar-refractivity contribution in [3.05, 3.63) is 47.5 Å². The molecule has 4 rings (SSSR count). The summed E-state index contributed by atoms with van der Waals surface area (Å²) in [6, 6.07) is 12.2. The Balaban J connectivity index is 1.38. The molecule has 1 N–H and O–H groups in total. The Morgan fingerprint density at radius 2 is 1.79 bits per heavy atom. The number of aryl methyl sites for hydroxylation is 2. The van der Waals surface area contributed by atoms with Gasteiger partial charge in [0, 0.05) is 43.6 Å². The Labute approximate surface area is 166 Å². The van der Waals surface area contributed by atoms with Gasteiger partial charge in [0.25, 0.3) is 0 Å². The smallest absolute Gasteiger partial charge is 0.321 e. The van der Waals surface area contributed by atoms with Crippen LogP contribution in [0.15, 0.2) is 36.4 Å². The van der Waals surface area contributed by atoms with Crippen LogP contribution in [0.2, 0.25) is 0 Å². The topological polar surface area (TPSA) is 54.0 Å². The second-order valence-electron chi connectivity index (χ2n) is 7.19. The predicted octanol–water partition coefficient (Wildman–Crippen LogP) is 3.68. The standard InChI is InChI=1S/C22H27N3O3/c1-3-17-6-4-5-16(2)21(17)23-22(26)25-11-9-24(10-12-25)18-7-8-19-20(15-18)28-14-13-27-19/h4-8,15H,3,9-14H2,1-2H3,(H,23,26). The Hall–Kier alpha value is -2.89. The van der Waals surface area contributed by atoms with Crippen LogP contribution >= 0.6 is 0 Å². The quantitative estimate of drug-likeness (QED) is 0.881. The number of piperazine rings is 1. The molecule has 0 saturated carbocycles. The summed E-state index contributed by atoms with van der Waals surface area (Å²) in [4.78, 5) is 17.0. The SMILES string of the molecule is CCc1cccc(C)c1NC(=O)N1CCN(c2ccc3c(c2)OCCO3)CC1. The molecule has 2 aromatic carbocycles. The molecule has 0 spiro atoms. The van der Waals surface area contributed by atoms with Crippen LogP contribution in [0.1, 0.15) is 18.1 Å².